The number of carbonyl (C=O) groups excluding carboxylic acids is 2. The van der Waals surface area contributed by atoms with Crippen molar-refractivity contribution in [2.45, 2.75) is 32.1 Å². The lowest BCUT2D eigenvalue weighted by molar-refractivity contribution is -0.122. The highest BCUT2D eigenvalue weighted by atomic mass is 32.2. The molecule has 1 saturated heterocycles. The van der Waals surface area contributed by atoms with E-state index in [1.165, 1.54) is 36.7 Å². The van der Waals surface area contributed by atoms with Crippen LogP contribution in [0.25, 0.3) is 0 Å². The summed E-state index contributed by atoms with van der Waals surface area (Å²) < 4.78 is 37.9. The van der Waals surface area contributed by atoms with Gasteiger partial charge >= 0.3 is 0 Å². The first kappa shape index (κ1) is 25.5. The van der Waals surface area contributed by atoms with Crippen molar-refractivity contribution in [2.75, 3.05) is 44.1 Å². The van der Waals surface area contributed by atoms with Gasteiger partial charge in [0.25, 0.3) is 0 Å². The minimum Gasteiger partial charge on any atom is -0.495 e. The number of amides is 2. The molecule has 0 bridgehead atoms. The zero-order valence-electron chi connectivity index (χ0n) is 20.1. The molecule has 2 aromatic carbocycles. The van der Waals surface area contributed by atoms with Crippen LogP contribution in [0.3, 0.4) is 0 Å². The van der Waals surface area contributed by atoms with E-state index in [0.29, 0.717) is 30.3 Å². The SMILES string of the molecule is CCN(CC)S(=O)(=O)c1ccc(OC)c(NC(=O)C2CC(=O)N(c3cc(C)ccc3OC)C2)c1. The molecule has 9 nitrogen and oxygen atoms in total. The molecule has 1 N–H and O–H groups in total. The van der Waals surface area contributed by atoms with Crippen LogP contribution in [0.15, 0.2) is 41.3 Å². The first-order valence-corrected chi connectivity index (χ1v) is 12.5. The maximum absolute atomic E-state index is 13.1. The van der Waals surface area contributed by atoms with Crippen molar-refractivity contribution < 1.29 is 27.5 Å². The molecule has 2 amide bonds. The third kappa shape index (κ3) is 5.02. The number of rotatable bonds is 9. The quantitative estimate of drug-likeness (QED) is 0.581. The number of hydrogen-bond acceptors (Lipinski definition) is 6. The van der Waals surface area contributed by atoms with Gasteiger partial charge in [-0.25, -0.2) is 8.42 Å². The Morgan fingerprint density at radius 2 is 1.74 bits per heavy atom. The normalized spacial score (nSPS) is 16.1. The molecule has 1 aliphatic rings. The number of methoxy groups -OCH3 is 2. The summed E-state index contributed by atoms with van der Waals surface area (Å²) in [5, 5.41) is 2.77. The Labute approximate surface area is 200 Å². The Balaban J connectivity index is 1.85. The summed E-state index contributed by atoms with van der Waals surface area (Å²) in [5.74, 6) is -0.318. The molecule has 2 aromatic rings. The maximum Gasteiger partial charge on any atom is 0.243 e. The third-order valence-corrected chi connectivity index (χ3v) is 7.94. The van der Waals surface area contributed by atoms with Gasteiger partial charge in [0.2, 0.25) is 21.8 Å². The summed E-state index contributed by atoms with van der Waals surface area (Å²) in [6, 6.07) is 9.88. The van der Waals surface area contributed by atoms with Gasteiger partial charge in [0, 0.05) is 26.1 Å². The summed E-state index contributed by atoms with van der Waals surface area (Å²) in [5.41, 5.74) is 1.82. The topological polar surface area (TPSA) is 105 Å². The Hall–Kier alpha value is -3.11. The van der Waals surface area contributed by atoms with E-state index < -0.39 is 21.8 Å². The number of anilines is 2. The van der Waals surface area contributed by atoms with Crippen molar-refractivity contribution >= 4 is 33.2 Å². The van der Waals surface area contributed by atoms with Gasteiger partial charge in [-0.2, -0.15) is 4.31 Å². The van der Waals surface area contributed by atoms with Crippen molar-refractivity contribution in [3.63, 3.8) is 0 Å². The fourth-order valence-electron chi connectivity index (χ4n) is 4.02. The molecule has 0 aliphatic carbocycles. The highest BCUT2D eigenvalue weighted by molar-refractivity contribution is 7.89. The van der Waals surface area contributed by atoms with E-state index in [4.69, 9.17) is 9.47 Å². The number of hydrogen-bond donors (Lipinski definition) is 1. The van der Waals surface area contributed by atoms with E-state index in [-0.39, 0.29) is 29.5 Å². The van der Waals surface area contributed by atoms with Crippen LogP contribution >= 0.6 is 0 Å². The predicted octanol–water partition coefficient (Wildman–Crippen LogP) is 3.03. The highest BCUT2D eigenvalue weighted by Gasteiger charge is 2.37. The summed E-state index contributed by atoms with van der Waals surface area (Å²) in [6.07, 6.45) is 0.0304. The van der Waals surface area contributed by atoms with Gasteiger partial charge in [-0.1, -0.05) is 19.9 Å². The van der Waals surface area contributed by atoms with Crippen molar-refractivity contribution in [3.8, 4) is 11.5 Å². The van der Waals surface area contributed by atoms with Gasteiger partial charge in [-0.05, 0) is 42.8 Å². The minimum absolute atomic E-state index is 0.0304. The monoisotopic (exact) mass is 489 g/mol. The molecule has 0 aromatic heterocycles. The summed E-state index contributed by atoms with van der Waals surface area (Å²) >= 11 is 0. The molecule has 34 heavy (non-hydrogen) atoms. The Kier molecular flexibility index (Phi) is 7.83. The number of nitrogens with one attached hydrogen (secondary N) is 1. The van der Waals surface area contributed by atoms with Crippen molar-refractivity contribution in [1.29, 1.82) is 0 Å². The van der Waals surface area contributed by atoms with Gasteiger partial charge in [-0.3, -0.25) is 9.59 Å². The van der Waals surface area contributed by atoms with Crippen molar-refractivity contribution in [2.24, 2.45) is 5.92 Å². The van der Waals surface area contributed by atoms with E-state index in [1.807, 2.05) is 19.1 Å². The second-order valence-corrected chi connectivity index (χ2v) is 9.96. The van der Waals surface area contributed by atoms with E-state index in [9.17, 15) is 18.0 Å². The van der Waals surface area contributed by atoms with Crippen LogP contribution in [0.5, 0.6) is 11.5 Å². The van der Waals surface area contributed by atoms with E-state index in [0.717, 1.165) is 5.56 Å². The standard InChI is InChI=1S/C24H31N3O6S/c1-6-26(7-2)34(30,31)18-9-11-21(32-4)19(14-18)25-24(29)17-13-23(28)27(15-17)20-12-16(3)8-10-22(20)33-5/h8-12,14,17H,6-7,13,15H2,1-5H3,(H,25,29). The molecule has 0 radical (unpaired) electrons. The molecule has 1 unspecified atom stereocenters. The molecule has 10 heteroatoms. The maximum atomic E-state index is 13.1. The predicted molar refractivity (Wildman–Crippen MR) is 130 cm³/mol. The number of nitrogens with zero attached hydrogens (tertiary/aromatic N) is 2. The number of benzene rings is 2. The van der Waals surface area contributed by atoms with Crippen molar-refractivity contribution in [3.05, 3.63) is 42.0 Å². The van der Waals surface area contributed by atoms with Crippen LogP contribution in [-0.4, -0.2) is 58.4 Å². The molecular weight excluding hydrogens is 458 g/mol. The number of ether oxygens (including phenoxy) is 2. The smallest absolute Gasteiger partial charge is 0.243 e. The van der Waals surface area contributed by atoms with Gasteiger partial charge in [-0.15, -0.1) is 0 Å². The van der Waals surface area contributed by atoms with E-state index >= 15 is 0 Å². The molecule has 1 heterocycles. The Morgan fingerprint density at radius 3 is 2.35 bits per heavy atom. The average Bonchev–Trinajstić information content (AvgIpc) is 3.21. The van der Waals surface area contributed by atoms with Gasteiger partial charge < -0.3 is 19.7 Å². The lowest BCUT2D eigenvalue weighted by Gasteiger charge is -2.21. The Bertz CT molecular complexity index is 1180. The summed E-state index contributed by atoms with van der Waals surface area (Å²) in [7, 11) is -0.748. The number of sulfonamides is 1. The van der Waals surface area contributed by atoms with Crippen LogP contribution in [0.1, 0.15) is 25.8 Å². The van der Waals surface area contributed by atoms with Crippen molar-refractivity contribution in [1.82, 2.24) is 4.31 Å². The second kappa shape index (κ2) is 10.4. The zero-order valence-corrected chi connectivity index (χ0v) is 20.9. The molecule has 1 fully saturated rings. The lowest BCUT2D eigenvalue weighted by Crippen LogP contribution is -2.31. The van der Waals surface area contributed by atoms with Crippen LogP contribution in [-0.2, 0) is 19.6 Å². The molecule has 1 aliphatic heterocycles. The van der Waals surface area contributed by atoms with E-state index in [2.05, 4.69) is 5.32 Å². The van der Waals surface area contributed by atoms with Gasteiger partial charge in [0.05, 0.1) is 36.4 Å². The zero-order chi connectivity index (χ0) is 25.0. The van der Waals surface area contributed by atoms with Gasteiger partial charge in [0.15, 0.2) is 0 Å². The molecule has 3 rings (SSSR count). The summed E-state index contributed by atoms with van der Waals surface area (Å²) in [6.45, 7) is 6.28. The van der Waals surface area contributed by atoms with E-state index in [1.54, 1.807) is 24.8 Å². The Morgan fingerprint density at radius 1 is 1.09 bits per heavy atom. The molecule has 0 spiro atoms. The lowest BCUT2D eigenvalue weighted by atomic mass is 10.1. The first-order chi connectivity index (χ1) is 16.2. The fraction of sp³-hybridized carbons (Fsp3) is 0.417. The first-order valence-electron chi connectivity index (χ1n) is 11.1. The molecule has 0 saturated carbocycles. The minimum atomic E-state index is -3.72. The van der Waals surface area contributed by atoms with Gasteiger partial charge in [0.1, 0.15) is 11.5 Å². The largest absolute Gasteiger partial charge is 0.495 e. The molecule has 1 atom stereocenters. The second-order valence-electron chi connectivity index (χ2n) is 8.02. The highest BCUT2D eigenvalue weighted by Crippen LogP contribution is 2.35. The fourth-order valence-corrected chi connectivity index (χ4v) is 5.50. The number of carbonyl (C=O) groups is 2. The number of aryl methyl sites for hydroxylation is 1. The van der Waals surface area contributed by atoms with Crippen LogP contribution in [0.2, 0.25) is 0 Å². The average molecular weight is 490 g/mol. The van der Waals surface area contributed by atoms with Crippen LogP contribution in [0.4, 0.5) is 11.4 Å². The van der Waals surface area contributed by atoms with Crippen LogP contribution in [0, 0.1) is 12.8 Å². The van der Waals surface area contributed by atoms with Crippen LogP contribution < -0.4 is 19.7 Å². The third-order valence-electron chi connectivity index (χ3n) is 5.89. The molecular formula is C24H31N3O6S. The molecule has 184 valence electrons. The summed E-state index contributed by atoms with van der Waals surface area (Å²) in [4.78, 5) is 27.5.